The molecule has 0 saturated carbocycles. The van der Waals surface area contributed by atoms with E-state index in [0.717, 1.165) is 43.6 Å². The molecular weight excluding hydrogens is 552 g/mol. The number of phenolic OH excluding ortho intramolecular Hbond substituents is 1. The quantitative estimate of drug-likeness (QED) is 0.303. The van der Waals surface area contributed by atoms with Crippen molar-refractivity contribution in [3.05, 3.63) is 99.2 Å². The molecule has 3 aliphatic carbocycles. The molecule has 0 bridgehead atoms. The Bertz CT molecular complexity index is 1670. The van der Waals surface area contributed by atoms with Crippen molar-refractivity contribution in [3.63, 3.8) is 0 Å². The minimum Gasteiger partial charge on any atom is -0.507 e. The zero-order chi connectivity index (χ0) is 30.9. The Morgan fingerprint density at radius 3 is 2.25 bits per heavy atom. The van der Waals surface area contributed by atoms with Gasteiger partial charge in [-0.25, -0.2) is 0 Å². The van der Waals surface area contributed by atoms with Gasteiger partial charge in [-0.3, -0.25) is 29.0 Å². The van der Waals surface area contributed by atoms with E-state index in [1.54, 1.807) is 11.8 Å². The van der Waals surface area contributed by atoms with Crippen LogP contribution in [-0.4, -0.2) is 57.4 Å². The minimum absolute atomic E-state index is 0.0914. The van der Waals surface area contributed by atoms with E-state index in [1.165, 1.54) is 11.6 Å². The van der Waals surface area contributed by atoms with Crippen LogP contribution in [0.4, 0.5) is 0 Å². The highest BCUT2D eigenvalue weighted by molar-refractivity contribution is 6.23. The van der Waals surface area contributed by atoms with Crippen molar-refractivity contribution in [3.8, 4) is 5.75 Å². The predicted molar refractivity (Wildman–Crippen MR) is 165 cm³/mol. The number of allylic oxidation sites excluding steroid dienone is 6. The second kappa shape index (κ2) is 10.8. The number of aromatic hydroxyl groups is 1. The zero-order valence-corrected chi connectivity index (χ0v) is 25.5. The van der Waals surface area contributed by atoms with Gasteiger partial charge in [0, 0.05) is 48.3 Å². The average Bonchev–Trinajstić information content (AvgIpc) is 3.27. The van der Waals surface area contributed by atoms with Gasteiger partial charge >= 0.3 is 0 Å². The maximum absolute atomic E-state index is 14.3. The Kier molecular flexibility index (Phi) is 7.04. The number of carbonyl (C=O) groups excluding carboxylic acids is 4. The fourth-order valence-corrected chi connectivity index (χ4v) is 8.46. The van der Waals surface area contributed by atoms with E-state index >= 15 is 0 Å². The lowest BCUT2D eigenvalue weighted by molar-refractivity contribution is -0.144. The van der Waals surface area contributed by atoms with Crippen molar-refractivity contribution in [1.29, 1.82) is 0 Å². The first kappa shape index (κ1) is 28.7. The molecule has 2 amide bonds. The molecule has 7 rings (SSSR count). The number of aryl methyl sites for hydroxylation is 2. The third-order valence-corrected chi connectivity index (χ3v) is 10.6. The van der Waals surface area contributed by atoms with Crippen LogP contribution in [0.3, 0.4) is 0 Å². The number of phenols is 1. The van der Waals surface area contributed by atoms with Crippen molar-refractivity contribution in [1.82, 2.24) is 9.80 Å². The van der Waals surface area contributed by atoms with E-state index in [1.807, 2.05) is 44.2 Å². The molecular formula is C37H38N2O5. The van der Waals surface area contributed by atoms with Crippen LogP contribution < -0.4 is 0 Å². The molecule has 2 fully saturated rings. The molecule has 2 aromatic carbocycles. The summed E-state index contributed by atoms with van der Waals surface area (Å²) in [7, 11) is 0. The molecule has 44 heavy (non-hydrogen) atoms. The molecule has 0 spiro atoms. The Morgan fingerprint density at radius 2 is 1.57 bits per heavy atom. The molecule has 5 aliphatic rings. The van der Waals surface area contributed by atoms with Crippen molar-refractivity contribution >= 4 is 23.4 Å². The molecule has 7 nitrogen and oxygen atoms in total. The summed E-state index contributed by atoms with van der Waals surface area (Å²) < 4.78 is 0. The van der Waals surface area contributed by atoms with Gasteiger partial charge in [0.05, 0.1) is 11.8 Å². The van der Waals surface area contributed by atoms with Crippen molar-refractivity contribution in [2.45, 2.75) is 65.0 Å². The number of amides is 2. The Morgan fingerprint density at radius 1 is 0.886 bits per heavy atom. The number of benzene rings is 2. The molecule has 4 atom stereocenters. The van der Waals surface area contributed by atoms with Crippen LogP contribution in [-0.2, 0) is 25.7 Å². The summed E-state index contributed by atoms with van der Waals surface area (Å²) in [6.07, 6.45) is 5.70. The fraction of sp³-hybridized carbons (Fsp3) is 0.405. The number of fused-ring (bicyclic) bond motifs is 3. The zero-order valence-electron chi connectivity index (χ0n) is 25.5. The highest BCUT2D eigenvalue weighted by atomic mass is 16.3. The van der Waals surface area contributed by atoms with Gasteiger partial charge in [-0.1, -0.05) is 54.1 Å². The lowest BCUT2D eigenvalue weighted by Crippen LogP contribution is -2.47. The smallest absolute Gasteiger partial charge is 0.233 e. The third kappa shape index (κ3) is 4.52. The summed E-state index contributed by atoms with van der Waals surface area (Å²) in [6.45, 7) is 7.82. The summed E-state index contributed by atoms with van der Waals surface area (Å²) in [5, 5.41) is 10.5. The summed E-state index contributed by atoms with van der Waals surface area (Å²) in [6, 6.07) is 14.0. The monoisotopic (exact) mass is 590 g/mol. The molecule has 0 radical (unpaired) electrons. The highest BCUT2D eigenvalue weighted by Gasteiger charge is 2.57. The van der Waals surface area contributed by atoms with Gasteiger partial charge in [0.15, 0.2) is 11.6 Å². The molecule has 2 heterocycles. The van der Waals surface area contributed by atoms with Crippen LogP contribution in [0.2, 0.25) is 0 Å². The van der Waals surface area contributed by atoms with Crippen molar-refractivity contribution in [2.24, 2.45) is 17.8 Å². The fourth-order valence-electron chi connectivity index (χ4n) is 8.46. The molecule has 7 heteroatoms. The van der Waals surface area contributed by atoms with Crippen LogP contribution in [0.5, 0.6) is 5.75 Å². The van der Waals surface area contributed by atoms with Gasteiger partial charge in [0.25, 0.3) is 0 Å². The normalized spacial score (nSPS) is 27.7. The van der Waals surface area contributed by atoms with Gasteiger partial charge < -0.3 is 5.11 Å². The molecule has 2 saturated heterocycles. The Balaban J connectivity index is 1.20. The van der Waals surface area contributed by atoms with E-state index < -0.39 is 17.8 Å². The lowest BCUT2D eigenvalue weighted by atomic mass is 9.59. The number of hydrogen-bond donors (Lipinski definition) is 1. The number of ketones is 2. The number of likely N-dealkylation sites (tertiary alicyclic amines) is 2. The summed E-state index contributed by atoms with van der Waals surface area (Å²) >= 11 is 0. The number of imide groups is 1. The van der Waals surface area contributed by atoms with Crippen molar-refractivity contribution in [2.75, 3.05) is 13.1 Å². The van der Waals surface area contributed by atoms with Gasteiger partial charge in [0.1, 0.15) is 5.75 Å². The van der Waals surface area contributed by atoms with Crippen LogP contribution in [0.15, 0.2) is 76.9 Å². The summed E-state index contributed by atoms with van der Waals surface area (Å²) in [5.41, 5.74) is 5.78. The van der Waals surface area contributed by atoms with Crippen molar-refractivity contribution < 1.29 is 24.3 Å². The third-order valence-electron chi connectivity index (χ3n) is 10.6. The highest BCUT2D eigenvalue weighted by Crippen LogP contribution is 2.55. The molecule has 2 aromatic rings. The Labute approximate surface area is 257 Å². The van der Waals surface area contributed by atoms with Gasteiger partial charge in [-0.05, 0) is 80.7 Å². The average molecular weight is 591 g/mol. The molecule has 0 aromatic heterocycles. The lowest BCUT2D eigenvalue weighted by Gasteiger charge is -2.42. The van der Waals surface area contributed by atoms with E-state index in [9.17, 15) is 24.3 Å². The van der Waals surface area contributed by atoms with E-state index in [-0.39, 0.29) is 47.5 Å². The standard InChI is InChI=1S/C37H38N2O5/c1-20-15-24(16-21(2)34(20)41)31-26-9-10-27-32(28(26)18-29-30(40)17-22(3)35(42)33(29)31)37(44)39(36(27)43)25-11-13-38(14-12-25)19-23-7-5-4-6-8-23/h4-9,15-17,25,27-28,31-32,41H,10-14,18-19H2,1-3H3. The van der Waals surface area contributed by atoms with E-state index in [4.69, 9.17) is 0 Å². The largest absolute Gasteiger partial charge is 0.507 e. The summed E-state index contributed by atoms with van der Waals surface area (Å²) in [5.74, 6) is -2.17. The van der Waals surface area contributed by atoms with Crippen LogP contribution in [0.25, 0.3) is 0 Å². The van der Waals surface area contributed by atoms with Crippen LogP contribution >= 0.6 is 0 Å². The van der Waals surface area contributed by atoms with Gasteiger partial charge in [0.2, 0.25) is 11.8 Å². The van der Waals surface area contributed by atoms with Gasteiger partial charge in [-0.15, -0.1) is 0 Å². The van der Waals surface area contributed by atoms with Crippen LogP contribution in [0.1, 0.15) is 60.8 Å². The molecule has 2 aliphatic heterocycles. The number of piperidine rings is 1. The predicted octanol–water partition coefficient (Wildman–Crippen LogP) is 5.10. The number of Topliss-reactive ketones (excluding diaryl/α,β-unsaturated/α-hetero) is 1. The Hall–Kier alpha value is -4.10. The maximum Gasteiger partial charge on any atom is 0.233 e. The number of rotatable bonds is 4. The SMILES string of the molecule is CC1=CC(=O)C2=C(C1=O)C(c1cc(C)c(O)c(C)c1)C1=CCC3C(=O)N(C4CCN(Cc5ccccc5)CC4)C(=O)C3C1C2. The molecule has 4 unspecified atom stereocenters. The van der Waals surface area contributed by atoms with E-state index in [2.05, 4.69) is 23.1 Å². The number of carbonyl (C=O) groups is 4. The second-order valence-corrected chi connectivity index (χ2v) is 13.3. The van der Waals surface area contributed by atoms with Crippen LogP contribution in [0, 0.1) is 31.6 Å². The first-order chi connectivity index (χ1) is 21.1. The van der Waals surface area contributed by atoms with Gasteiger partial charge in [-0.2, -0.15) is 0 Å². The summed E-state index contributed by atoms with van der Waals surface area (Å²) in [4.78, 5) is 59.2. The number of nitrogens with zero attached hydrogens (tertiary/aromatic N) is 2. The topological polar surface area (TPSA) is 95.0 Å². The molecule has 226 valence electrons. The number of hydrogen-bond acceptors (Lipinski definition) is 6. The second-order valence-electron chi connectivity index (χ2n) is 13.3. The molecule has 1 N–H and O–H groups in total. The minimum atomic E-state index is -0.546. The maximum atomic E-state index is 14.3. The van der Waals surface area contributed by atoms with E-state index in [0.29, 0.717) is 34.3 Å². The first-order valence-corrected chi connectivity index (χ1v) is 15.8. The first-order valence-electron chi connectivity index (χ1n) is 15.8.